The summed E-state index contributed by atoms with van der Waals surface area (Å²) in [6.45, 7) is 0. The summed E-state index contributed by atoms with van der Waals surface area (Å²) in [6, 6.07) is 6.57. The molecule has 0 fully saturated rings. The molecular formula is C11H12N2O3. The number of benzene rings is 1. The number of hydrogen-bond acceptors (Lipinski definition) is 3. The van der Waals surface area contributed by atoms with Crippen LogP contribution in [0.2, 0.25) is 0 Å². The van der Waals surface area contributed by atoms with Crippen LogP contribution in [0.5, 0.6) is 5.75 Å². The maximum atomic E-state index is 11.1. The van der Waals surface area contributed by atoms with Crippen LogP contribution in [0.4, 0.5) is 0 Å². The number of hydrogen-bond donors (Lipinski definition) is 2. The van der Waals surface area contributed by atoms with Gasteiger partial charge in [0.2, 0.25) is 11.8 Å². The van der Waals surface area contributed by atoms with Crippen molar-refractivity contribution in [1.29, 1.82) is 0 Å². The Morgan fingerprint density at radius 1 is 1.19 bits per heavy atom. The Balaban J connectivity index is 3.12. The second kappa shape index (κ2) is 4.97. The molecule has 0 aliphatic heterocycles. The average Bonchev–Trinajstić information content (AvgIpc) is 2.25. The molecule has 4 N–H and O–H groups in total. The van der Waals surface area contributed by atoms with Gasteiger partial charge in [-0.05, 0) is 17.7 Å². The van der Waals surface area contributed by atoms with Gasteiger partial charge in [0.05, 0.1) is 12.7 Å². The summed E-state index contributed by atoms with van der Waals surface area (Å²) in [5, 5.41) is 0. The lowest BCUT2D eigenvalue weighted by Crippen LogP contribution is -2.16. The molecule has 0 radical (unpaired) electrons. The number of primary amides is 2. The summed E-state index contributed by atoms with van der Waals surface area (Å²) in [6.07, 6.45) is 1.00. The topological polar surface area (TPSA) is 95.4 Å². The second-order valence-electron chi connectivity index (χ2n) is 3.05. The smallest absolute Gasteiger partial charge is 0.249 e. The summed E-state index contributed by atoms with van der Waals surface area (Å²) >= 11 is 0. The van der Waals surface area contributed by atoms with Crippen LogP contribution < -0.4 is 16.2 Å². The molecule has 0 aliphatic carbocycles. The third kappa shape index (κ3) is 2.84. The molecule has 0 aromatic heterocycles. The van der Waals surface area contributed by atoms with Gasteiger partial charge in [0.1, 0.15) is 5.75 Å². The zero-order valence-electron chi connectivity index (χ0n) is 8.77. The molecule has 0 atom stereocenters. The molecular weight excluding hydrogens is 208 g/mol. The normalized spacial score (nSPS) is 10.9. The zero-order chi connectivity index (χ0) is 12.1. The summed E-state index contributed by atoms with van der Waals surface area (Å²) in [7, 11) is 1.53. The number of nitrogens with two attached hydrogens (primary N) is 2. The monoisotopic (exact) mass is 220 g/mol. The van der Waals surface area contributed by atoms with Gasteiger partial charge in [-0.25, -0.2) is 0 Å². The minimum Gasteiger partial charge on any atom is -0.497 e. The molecule has 0 saturated heterocycles. The fourth-order valence-corrected chi connectivity index (χ4v) is 1.21. The second-order valence-corrected chi connectivity index (χ2v) is 3.05. The SMILES string of the molecule is COc1ccc(/C(=C/C(N)=O)C(N)=O)cc1. The maximum absolute atomic E-state index is 11.1. The number of amides is 2. The van der Waals surface area contributed by atoms with Crippen molar-refractivity contribution in [2.24, 2.45) is 11.5 Å². The van der Waals surface area contributed by atoms with Crippen LogP contribution in [0.15, 0.2) is 30.3 Å². The Kier molecular flexibility index (Phi) is 3.66. The lowest BCUT2D eigenvalue weighted by Gasteiger charge is -2.04. The van der Waals surface area contributed by atoms with Crippen molar-refractivity contribution in [2.45, 2.75) is 0 Å². The Hall–Kier alpha value is -2.30. The van der Waals surface area contributed by atoms with Crippen LogP contribution in [0.1, 0.15) is 5.56 Å². The van der Waals surface area contributed by atoms with Crippen LogP contribution >= 0.6 is 0 Å². The minimum atomic E-state index is -0.718. The molecule has 0 heterocycles. The quantitative estimate of drug-likeness (QED) is 0.702. The zero-order valence-corrected chi connectivity index (χ0v) is 8.77. The highest BCUT2D eigenvalue weighted by atomic mass is 16.5. The van der Waals surface area contributed by atoms with Gasteiger partial charge >= 0.3 is 0 Å². The van der Waals surface area contributed by atoms with E-state index in [-0.39, 0.29) is 5.57 Å². The van der Waals surface area contributed by atoms with Gasteiger partial charge in [-0.15, -0.1) is 0 Å². The first kappa shape index (κ1) is 11.8. The van der Waals surface area contributed by atoms with Crippen LogP contribution in [0.3, 0.4) is 0 Å². The van der Waals surface area contributed by atoms with Gasteiger partial charge in [-0.1, -0.05) is 12.1 Å². The number of methoxy groups -OCH3 is 1. The van der Waals surface area contributed by atoms with E-state index in [1.165, 1.54) is 7.11 Å². The average molecular weight is 220 g/mol. The summed E-state index contributed by atoms with van der Waals surface area (Å²) < 4.78 is 4.96. The molecule has 84 valence electrons. The predicted molar refractivity (Wildman–Crippen MR) is 59.4 cm³/mol. The third-order valence-electron chi connectivity index (χ3n) is 1.95. The van der Waals surface area contributed by atoms with Gasteiger partial charge in [0.25, 0.3) is 0 Å². The molecule has 0 bridgehead atoms. The van der Waals surface area contributed by atoms with Gasteiger partial charge in [0.15, 0.2) is 0 Å². The molecule has 0 aliphatic rings. The molecule has 16 heavy (non-hydrogen) atoms. The Bertz CT molecular complexity index is 435. The number of ether oxygens (including phenoxy) is 1. The van der Waals surface area contributed by atoms with Gasteiger partial charge in [0, 0.05) is 6.08 Å². The Labute approximate surface area is 92.7 Å². The lowest BCUT2D eigenvalue weighted by molar-refractivity contribution is -0.115. The van der Waals surface area contributed by atoms with Crippen LogP contribution in [-0.4, -0.2) is 18.9 Å². The van der Waals surface area contributed by atoms with E-state index in [9.17, 15) is 9.59 Å². The molecule has 0 saturated carbocycles. The van der Waals surface area contributed by atoms with Crippen LogP contribution in [-0.2, 0) is 9.59 Å². The van der Waals surface area contributed by atoms with E-state index in [0.29, 0.717) is 11.3 Å². The molecule has 0 unspecified atom stereocenters. The largest absolute Gasteiger partial charge is 0.497 e. The van der Waals surface area contributed by atoms with Crippen LogP contribution in [0.25, 0.3) is 5.57 Å². The van der Waals surface area contributed by atoms with Crippen molar-refractivity contribution in [1.82, 2.24) is 0 Å². The van der Waals surface area contributed by atoms with Gasteiger partial charge in [-0.3, -0.25) is 9.59 Å². The molecule has 1 rings (SSSR count). The first-order chi connectivity index (χ1) is 7.54. The van der Waals surface area contributed by atoms with E-state index in [4.69, 9.17) is 16.2 Å². The summed E-state index contributed by atoms with van der Waals surface area (Å²) in [5.74, 6) is -0.778. The van der Waals surface area contributed by atoms with Crippen molar-refractivity contribution in [3.05, 3.63) is 35.9 Å². The maximum Gasteiger partial charge on any atom is 0.249 e. The third-order valence-corrected chi connectivity index (χ3v) is 1.95. The highest BCUT2D eigenvalue weighted by Gasteiger charge is 2.09. The van der Waals surface area contributed by atoms with Gasteiger partial charge in [-0.2, -0.15) is 0 Å². The molecule has 0 spiro atoms. The standard InChI is InChI=1S/C11H12N2O3/c1-16-8-4-2-7(3-5-8)9(11(13)15)6-10(12)14/h2-6H,1H3,(H2,12,14)(H2,13,15)/b9-6-. The van der Waals surface area contributed by atoms with E-state index in [1.54, 1.807) is 24.3 Å². The fraction of sp³-hybridized carbons (Fsp3) is 0.0909. The van der Waals surface area contributed by atoms with Crippen LogP contribution in [0, 0.1) is 0 Å². The van der Waals surface area contributed by atoms with E-state index < -0.39 is 11.8 Å². The first-order valence-electron chi connectivity index (χ1n) is 4.50. The minimum absolute atomic E-state index is 0.0788. The van der Waals surface area contributed by atoms with Crippen molar-refractivity contribution in [2.75, 3.05) is 7.11 Å². The number of carbonyl (C=O) groups is 2. The Morgan fingerprint density at radius 3 is 2.12 bits per heavy atom. The molecule has 1 aromatic carbocycles. The van der Waals surface area contributed by atoms with Gasteiger partial charge < -0.3 is 16.2 Å². The fourth-order valence-electron chi connectivity index (χ4n) is 1.21. The van der Waals surface area contributed by atoms with E-state index in [2.05, 4.69) is 0 Å². The number of rotatable bonds is 4. The van der Waals surface area contributed by atoms with Crippen molar-refractivity contribution < 1.29 is 14.3 Å². The first-order valence-corrected chi connectivity index (χ1v) is 4.50. The van der Waals surface area contributed by atoms with Crippen molar-refractivity contribution in [3.8, 4) is 5.75 Å². The van der Waals surface area contributed by atoms with E-state index in [0.717, 1.165) is 6.08 Å². The van der Waals surface area contributed by atoms with Crippen molar-refractivity contribution >= 4 is 17.4 Å². The van der Waals surface area contributed by atoms with E-state index in [1.807, 2.05) is 0 Å². The summed E-state index contributed by atoms with van der Waals surface area (Å²) in [4.78, 5) is 21.8. The highest BCUT2D eigenvalue weighted by Crippen LogP contribution is 2.18. The van der Waals surface area contributed by atoms with E-state index >= 15 is 0 Å². The highest BCUT2D eigenvalue weighted by molar-refractivity contribution is 6.22. The molecule has 2 amide bonds. The summed E-state index contributed by atoms with van der Waals surface area (Å²) in [5.41, 5.74) is 10.7. The predicted octanol–water partition coefficient (Wildman–Crippen LogP) is 0.0492. The lowest BCUT2D eigenvalue weighted by atomic mass is 10.0. The Morgan fingerprint density at radius 2 is 1.75 bits per heavy atom. The molecule has 5 heteroatoms. The van der Waals surface area contributed by atoms with Crippen molar-refractivity contribution in [3.63, 3.8) is 0 Å². The molecule has 5 nitrogen and oxygen atoms in total. The molecule has 1 aromatic rings. The number of carbonyl (C=O) groups excluding carboxylic acids is 2.